The van der Waals surface area contributed by atoms with Crippen molar-refractivity contribution >= 4 is 33.3 Å². The number of rotatable bonds is 8. The van der Waals surface area contributed by atoms with Crippen molar-refractivity contribution in [2.75, 3.05) is 37.4 Å². The third kappa shape index (κ3) is 6.92. The van der Waals surface area contributed by atoms with Gasteiger partial charge in [0.25, 0.3) is 0 Å². The first-order chi connectivity index (χ1) is 19.9. The summed E-state index contributed by atoms with van der Waals surface area (Å²) in [6, 6.07) is 13.0. The monoisotopic (exact) mass is 599 g/mol. The van der Waals surface area contributed by atoms with Crippen LogP contribution in [0.5, 0.6) is 5.75 Å². The number of hydrogen-bond acceptors (Lipinski definition) is 8. The Labute approximate surface area is 245 Å². The van der Waals surface area contributed by atoms with Crippen LogP contribution in [-0.4, -0.2) is 78.7 Å². The molecule has 3 aromatic rings. The van der Waals surface area contributed by atoms with Crippen LogP contribution in [0.25, 0.3) is 0 Å². The maximum atomic E-state index is 13.5. The molecule has 13 heteroatoms. The summed E-state index contributed by atoms with van der Waals surface area (Å²) in [6.45, 7) is 6.71. The summed E-state index contributed by atoms with van der Waals surface area (Å²) in [4.78, 5) is 27.7. The van der Waals surface area contributed by atoms with Crippen LogP contribution in [0, 0.1) is 19.8 Å². The maximum absolute atomic E-state index is 13.5. The van der Waals surface area contributed by atoms with Crippen molar-refractivity contribution in [1.29, 1.82) is 0 Å². The maximum Gasteiger partial charge on any atom is 0.323 e. The second-order valence-corrected chi connectivity index (χ2v) is 12.6. The van der Waals surface area contributed by atoms with E-state index in [1.54, 1.807) is 68.1 Å². The van der Waals surface area contributed by atoms with Crippen LogP contribution in [0.15, 0.2) is 57.9 Å². The minimum Gasteiger partial charge on any atom is -0.488 e. The summed E-state index contributed by atoms with van der Waals surface area (Å²) in [6.07, 6.45) is -0.703. The smallest absolute Gasteiger partial charge is 0.323 e. The van der Waals surface area contributed by atoms with Crippen LogP contribution in [0.4, 0.5) is 16.2 Å². The van der Waals surface area contributed by atoms with Crippen LogP contribution in [0.3, 0.4) is 0 Å². The van der Waals surface area contributed by atoms with Crippen molar-refractivity contribution in [1.82, 2.24) is 14.4 Å². The van der Waals surface area contributed by atoms with Gasteiger partial charge in [0.1, 0.15) is 22.4 Å². The number of anilines is 2. The predicted octanol–water partition coefficient (Wildman–Crippen LogP) is 3.41. The van der Waals surface area contributed by atoms with Gasteiger partial charge in [-0.05, 0) is 51.1 Å². The van der Waals surface area contributed by atoms with Gasteiger partial charge in [0.15, 0.2) is 5.76 Å². The van der Waals surface area contributed by atoms with Gasteiger partial charge in [-0.2, -0.15) is 4.31 Å². The number of hydrogen-bond donors (Lipinski definition) is 3. The van der Waals surface area contributed by atoms with Crippen LogP contribution in [0.2, 0.25) is 0 Å². The van der Waals surface area contributed by atoms with Gasteiger partial charge in [-0.25, -0.2) is 13.2 Å². The molecule has 3 N–H and O–H groups in total. The summed E-state index contributed by atoms with van der Waals surface area (Å²) < 4.78 is 39.6. The topological polar surface area (TPSA) is 154 Å². The summed E-state index contributed by atoms with van der Waals surface area (Å²) in [5, 5.41) is 19.2. The van der Waals surface area contributed by atoms with Gasteiger partial charge < -0.3 is 29.9 Å². The summed E-state index contributed by atoms with van der Waals surface area (Å²) >= 11 is 0. The Bertz CT molecular complexity index is 1510. The highest BCUT2D eigenvalue weighted by atomic mass is 32.2. The minimum absolute atomic E-state index is 0.0105. The molecule has 0 unspecified atom stereocenters. The first-order valence-corrected chi connectivity index (χ1v) is 15.1. The molecule has 0 radical (unpaired) electrons. The number of carbonyl (C=O) groups excluding carboxylic acids is 2. The lowest BCUT2D eigenvalue weighted by Gasteiger charge is -2.33. The van der Waals surface area contributed by atoms with E-state index in [2.05, 4.69) is 15.8 Å². The van der Waals surface area contributed by atoms with E-state index >= 15 is 0 Å². The number of likely N-dealkylation sites (N-methyl/N-ethyl adjacent to an activating group) is 1. The number of aryl methyl sites for hydroxylation is 2. The molecule has 0 aliphatic carbocycles. The number of ether oxygens (including phenoxy) is 1. The molecule has 0 fully saturated rings. The van der Waals surface area contributed by atoms with Crippen LogP contribution in [-0.2, 0) is 21.2 Å². The molecular formula is C29H37N5O7S. The minimum atomic E-state index is -3.96. The number of aliphatic hydroxyl groups excluding tert-OH is 1. The summed E-state index contributed by atoms with van der Waals surface area (Å²) in [7, 11) is -2.50. The van der Waals surface area contributed by atoms with Crippen molar-refractivity contribution in [2.24, 2.45) is 5.92 Å². The molecule has 2 heterocycles. The Balaban J connectivity index is 1.63. The predicted molar refractivity (Wildman–Crippen MR) is 157 cm³/mol. The Morgan fingerprint density at radius 3 is 2.50 bits per heavy atom. The van der Waals surface area contributed by atoms with E-state index < -0.39 is 28.2 Å². The SMILES string of the molecule is Cc1noc(C)c1S(=O)(=O)N(C)C[C@H]1Oc2ccc(NC(=O)Nc3ccccc3)cc2CC(=O)N([C@@H](C)CO)C[C@H]1C. The number of nitrogens with zero attached hydrogens (tertiary/aromatic N) is 3. The average molecular weight is 600 g/mol. The lowest BCUT2D eigenvalue weighted by atomic mass is 10.0. The van der Waals surface area contributed by atoms with Gasteiger partial charge in [0.2, 0.25) is 15.9 Å². The second kappa shape index (κ2) is 12.9. The normalized spacial score (nSPS) is 18.4. The third-order valence-corrected chi connectivity index (χ3v) is 9.35. The molecule has 3 amide bonds. The fraction of sp³-hybridized carbons (Fsp3) is 0.414. The van der Waals surface area contributed by atoms with Crippen LogP contribution >= 0.6 is 0 Å². The summed E-state index contributed by atoms with van der Waals surface area (Å²) in [5.74, 6) is 0.0519. The van der Waals surface area contributed by atoms with Crippen molar-refractivity contribution in [3.63, 3.8) is 0 Å². The number of fused-ring (bicyclic) bond motifs is 1. The highest BCUT2D eigenvalue weighted by molar-refractivity contribution is 7.89. The highest BCUT2D eigenvalue weighted by Gasteiger charge is 2.35. The molecule has 0 saturated heterocycles. The van der Waals surface area contributed by atoms with E-state index in [9.17, 15) is 23.1 Å². The van der Waals surface area contributed by atoms with E-state index in [0.29, 0.717) is 22.7 Å². The largest absolute Gasteiger partial charge is 0.488 e. The lowest BCUT2D eigenvalue weighted by molar-refractivity contribution is -0.134. The van der Waals surface area contributed by atoms with Crippen LogP contribution in [0.1, 0.15) is 30.9 Å². The van der Waals surface area contributed by atoms with Gasteiger partial charge in [-0.1, -0.05) is 30.3 Å². The Kier molecular flexibility index (Phi) is 9.54. The van der Waals surface area contributed by atoms with Crippen molar-refractivity contribution in [3.05, 3.63) is 65.5 Å². The molecule has 1 aromatic heterocycles. The third-order valence-electron chi connectivity index (χ3n) is 7.28. The molecular weight excluding hydrogens is 562 g/mol. The zero-order chi connectivity index (χ0) is 30.6. The average Bonchev–Trinajstić information content (AvgIpc) is 3.31. The van der Waals surface area contributed by atoms with Crippen molar-refractivity contribution in [3.8, 4) is 5.75 Å². The molecule has 0 spiro atoms. The first kappa shape index (κ1) is 31.0. The Morgan fingerprint density at radius 2 is 1.86 bits per heavy atom. The van der Waals surface area contributed by atoms with E-state index in [1.807, 2.05) is 13.0 Å². The van der Waals surface area contributed by atoms with Crippen molar-refractivity contribution in [2.45, 2.75) is 51.2 Å². The number of nitrogens with one attached hydrogen (secondary N) is 2. The fourth-order valence-corrected chi connectivity index (χ4v) is 6.36. The number of amides is 3. The van der Waals surface area contributed by atoms with Gasteiger partial charge in [-0.15, -0.1) is 0 Å². The Hall–Kier alpha value is -3.94. The zero-order valence-corrected chi connectivity index (χ0v) is 25.1. The van der Waals surface area contributed by atoms with E-state index in [4.69, 9.17) is 9.26 Å². The number of aliphatic hydroxyl groups is 1. The molecule has 1 aliphatic rings. The standard InChI is InChI=1S/C29H37N5O7S/c1-18-15-34(19(2)17-35)27(36)14-22-13-24(31-29(37)30-23-9-7-6-8-10-23)11-12-25(22)40-26(18)16-33(5)42(38,39)28-20(3)32-41-21(28)4/h6-13,18-19,26,35H,14-17H2,1-5H3,(H2,30,31,37)/t18-,19+,26-/m1/s1. The molecule has 0 saturated carbocycles. The summed E-state index contributed by atoms with van der Waals surface area (Å²) in [5.41, 5.74) is 1.85. The molecule has 12 nitrogen and oxygen atoms in total. The quantitative estimate of drug-likeness (QED) is 0.356. The number of benzene rings is 2. The van der Waals surface area contributed by atoms with Gasteiger partial charge in [0, 0.05) is 36.4 Å². The van der Waals surface area contributed by atoms with E-state index in [0.717, 1.165) is 0 Å². The van der Waals surface area contributed by atoms with Gasteiger partial charge in [-0.3, -0.25) is 4.79 Å². The van der Waals surface area contributed by atoms with Gasteiger partial charge in [0.05, 0.1) is 25.6 Å². The second-order valence-electron chi connectivity index (χ2n) is 10.6. The number of urea groups is 1. The molecule has 4 rings (SSSR count). The number of para-hydroxylation sites is 1. The van der Waals surface area contributed by atoms with E-state index in [-0.39, 0.29) is 54.3 Å². The highest BCUT2D eigenvalue weighted by Crippen LogP contribution is 2.30. The number of aromatic nitrogens is 1. The first-order valence-electron chi connectivity index (χ1n) is 13.6. The van der Waals surface area contributed by atoms with Crippen LogP contribution < -0.4 is 15.4 Å². The van der Waals surface area contributed by atoms with Gasteiger partial charge >= 0.3 is 6.03 Å². The molecule has 3 atom stereocenters. The molecule has 0 bridgehead atoms. The Morgan fingerprint density at radius 1 is 1.17 bits per heavy atom. The molecule has 2 aromatic carbocycles. The number of sulfonamides is 1. The molecule has 1 aliphatic heterocycles. The lowest BCUT2D eigenvalue weighted by Crippen LogP contribution is -2.48. The molecule has 42 heavy (non-hydrogen) atoms. The zero-order valence-electron chi connectivity index (χ0n) is 24.3. The fourth-order valence-electron chi connectivity index (χ4n) is 4.89. The molecule has 226 valence electrons. The van der Waals surface area contributed by atoms with E-state index in [1.165, 1.54) is 11.4 Å². The number of carbonyl (C=O) groups is 2. The van der Waals surface area contributed by atoms with Crippen molar-refractivity contribution < 1.29 is 32.4 Å².